The molecule has 19 heavy (non-hydrogen) atoms. The van der Waals surface area contributed by atoms with Crippen LogP contribution in [-0.4, -0.2) is 26.1 Å². The summed E-state index contributed by atoms with van der Waals surface area (Å²) in [7, 11) is -4.86. The van der Waals surface area contributed by atoms with Crippen LogP contribution in [0.25, 0.3) is 0 Å². The largest absolute Gasteiger partial charge is 0.413 e. The van der Waals surface area contributed by atoms with E-state index in [1.54, 1.807) is 0 Å². The molecule has 0 aromatic heterocycles. The fraction of sp³-hybridized carbons (Fsp3) is 0.333. The van der Waals surface area contributed by atoms with Crippen LogP contribution in [0.3, 0.4) is 0 Å². The number of benzene rings is 1. The maximum Gasteiger partial charge on any atom is 0.413 e. The van der Waals surface area contributed by atoms with Crippen LogP contribution in [0.15, 0.2) is 23.1 Å². The van der Waals surface area contributed by atoms with E-state index in [4.69, 9.17) is 0 Å². The quantitative estimate of drug-likeness (QED) is 0.483. The van der Waals surface area contributed by atoms with Gasteiger partial charge >= 0.3 is 16.3 Å². The Balaban J connectivity index is 3.25. The van der Waals surface area contributed by atoms with Crippen molar-refractivity contribution >= 4 is 15.8 Å². The van der Waals surface area contributed by atoms with Crippen molar-refractivity contribution in [1.29, 1.82) is 0 Å². The van der Waals surface area contributed by atoms with Crippen molar-refractivity contribution in [2.24, 2.45) is 0 Å². The number of nitro groups is 1. The Morgan fingerprint density at radius 1 is 1.37 bits per heavy atom. The smallest absolute Gasteiger partial charge is 0.258 e. The summed E-state index contributed by atoms with van der Waals surface area (Å²) >= 11 is 0. The van der Waals surface area contributed by atoms with Gasteiger partial charge in [-0.1, -0.05) is 12.1 Å². The van der Waals surface area contributed by atoms with Crippen molar-refractivity contribution < 1.29 is 30.7 Å². The number of alkyl halides is 3. The average molecular weight is 299 g/mol. The lowest BCUT2D eigenvalue weighted by atomic mass is 10.2. The first-order chi connectivity index (χ1) is 8.54. The predicted molar refractivity (Wildman–Crippen MR) is 57.0 cm³/mol. The van der Waals surface area contributed by atoms with Crippen LogP contribution in [0.4, 0.5) is 18.9 Å². The van der Waals surface area contributed by atoms with Gasteiger partial charge in [0, 0.05) is 6.07 Å². The molecule has 0 saturated heterocycles. The molecule has 1 aromatic carbocycles. The van der Waals surface area contributed by atoms with E-state index in [1.807, 2.05) is 0 Å². The molecule has 0 bridgehead atoms. The summed E-state index contributed by atoms with van der Waals surface area (Å²) in [6.45, 7) is -0.822. The highest BCUT2D eigenvalue weighted by Gasteiger charge is 2.35. The number of hydrogen-bond donors (Lipinski definition) is 0. The fourth-order valence-corrected chi connectivity index (χ4v) is 2.58. The van der Waals surface area contributed by atoms with Crippen molar-refractivity contribution in [3.05, 3.63) is 33.9 Å². The number of nitrogens with zero attached hydrogens (tertiary/aromatic N) is 1. The maximum absolute atomic E-state index is 11.9. The second-order valence-corrected chi connectivity index (χ2v) is 5.06. The van der Waals surface area contributed by atoms with E-state index < -0.39 is 38.4 Å². The standard InChI is InChI=1S/C9H8F3NO5S/c1-6-3-2-4-7(13(14)15)8(6)19(16,17)18-5-9(10,11)12/h2-4H,5H2,1H3. The highest BCUT2D eigenvalue weighted by Crippen LogP contribution is 2.29. The van der Waals surface area contributed by atoms with Gasteiger partial charge in [0.05, 0.1) is 4.92 Å². The third-order valence-corrected chi connectivity index (χ3v) is 3.47. The van der Waals surface area contributed by atoms with E-state index >= 15 is 0 Å². The minimum absolute atomic E-state index is 0.0728. The van der Waals surface area contributed by atoms with Crippen LogP contribution in [0.1, 0.15) is 5.56 Å². The molecule has 0 saturated carbocycles. The van der Waals surface area contributed by atoms with Crippen LogP contribution in [0, 0.1) is 17.0 Å². The van der Waals surface area contributed by atoms with Gasteiger partial charge < -0.3 is 0 Å². The van der Waals surface area contributed by atoms with Gasteiger partial charge in [-0.05, 0) is 12.5 Å². The van der Waals surface area contributed by atoms with Gasteiger partial charge in [0.1, 0.15) is 0 Å². The van der Waals surface area contributed by atoms with Gasteiger partial charge in [0.25, 0.3) is 5.69 Å². The zero-order chi connectivity index (χ0) is 14.8. The summed E-state index contributed by atoms with van der Waals surface area (Å²) in [4.78, 5) is 8.81. The Labute approximate surface area is 106 Å². The number of aryl methyl sites for hydroxylation is 1. The molecule has 6 nitrogen and oxygen atoms in total. The third kappa shape index (κ3) is 3.89. The lowest BCUT2D eigenvalue weighted by molar-refractivity contribution is -0.388. The first-order valence-electron chi connectivity index (χ1n) is 4.75. The number of halogens is 3. The molecule has 0 spiro atoms. The van der Waals surface area contributed by atoms with E-state index in [-0.39, 0.29) is 5.56 Å². The molecule has 0 aliphatic heterocycles. The molecular formula is C9H8F3NO5S. The Hall–Kier alpha value is -1.68. The van der Waals surface area contributed by atoms with Gasteiger partial charge in [-0.15, -0.1) is 0 Å². The minimum Gasteiger partial charge on any atom is -0.258 e. The summed E-state index contributed by atoms with van der Waals surface area (Å²) in [6, 6.07) is 3.31. The van der Waals surface area contributed by atoms with E-state index in [2.05, 4.69) is 4.18 Å². The highest BCUT2D eigenvalue weighted by molar-refractivity contribution is 7.87. The fourth-order valence-electron chi connectivity index (χ4n) is 1.31. The molecule has 0 amide bonds. The Kier molecular flexibility index (Phi) is 4.15. The molecule has 0 unspecified atom stereocenters. The lowest BCUT2D eigenvalue weighted by Crippen LogP contribution is -2.21. The minimum atomic E-state index is -4.86. The summed E-state index contributed by atoms with van der Waals surface area (Å²) in [5.41, 5.74) is -0.904. The van der Waals surface area contributed by atoms with Crippen molar-refractivity contribution in [3.63, 3.8) is 0 Å². The second kappa shape index (κ2) is 5.13. The average Bonchev–Trinajstić information content (AvgIpc) is 2.25. The van der Waals surface area contributed by atoms with Gasteiger partial charge in [0.15, 0.2) is 11.5 Å². The molecule has 0 aliphatic rings. The third-order valence-electron chi connectivity index (χ3n) is 2.02. The molecule has 106 valence electrons. The Bertz CT molecular complexity index is 596. The molecule has 0 fully saturated rings. The SMILES string of the molecule is Cc1cccc([N+](=O)[O-])c1S(=O)(=O)OCC(F)(F)F. The number of rotatable bonds is 4. The predicted octanol–water partition coefficient (Wildman–Crippen LogP) is 2.17. The molecular weight excluding hydrogens is 291 g/mol. The second-order valence-electron chi connectivity index (χ2n) is 3.51. The van der Waals surface area contributed by atoms with Crippen molar-refractivity contribution in [3.8, 4) is 0 Å². The topological polar surface area (TPSA) is 86.5 Å². The molecule has 0 N–H and O–H groups in total. The van der Waals surface area contributed by atoms with E-state index in [9.17, 15) is 31.7 Å². The monoisotopic (exact) mass is 299 g/mol. The molecule has 0 heterocycles. The van der Waals surface area contributed by atoms with Crippen LogP contribution >= 0.6 is 0 Å². The molecule has 0 atom stereocenters. The molecule has 10 heteroatoms. The summed E-state index contributed by atoms with van der Waals surface area (Å²) in [5.74, 6) is 0. The van der Waals surface area contributed by atoms with E-state index in [0.717, 1.165) is 6.07 Å². The van der Waals surface area contributed by atoms with Crippen molar-refractivity contribution in [2.45, 2.75) is 18.0 Å². The van der Waals surface area contributed by atoms with Crippen LogP contribution in [0.5, 0.6) is 0 Å². The highest BCUT2D eigenvalue weighted by atomic mass is 32.2. The van der Waals surface area contributed by atoms with Gasteiger partial charge in [0.2, 0.25) is 0 Å². The van der Waals surface area contributed by atoms with Gasteiger partial charge in [-0.25, -0.2) is 0 Å². The van der Waals surface area contributed by atoms with E-state index in [0.29, 0.717) is 0 Å². The van der Waals surface area contributed by atoms with Crippen LogP contribution in [0.2, 0.25) is 0 Å². The Morgan fingerprint density at radius 3 is 2.42 bits per heavy atom. The zero-order valence-electron chi connectivity index (χ0n) is 9.47. The lowest BCUT2D eigenvalue weighted by Gasteiger charge is -2.10. The van der Waals surface area contributed by atoms with Crippen molar-refractivity contribution in [2.75, 3.05) is 6.61 Å². The normalized spacial score (nSPS) is 12.4. The van der Waals surface area contributed by atoms with Gasteiger partial charge in [-0.3, -0.25) is 14.3 Å². The van der Waals surface area contributed by atoms with Gasteiger partial charge in [-0.2, -0.15) is 21.6 Å². The van der Waals surface area contributed by atoms with Crippen LogP contribution in [-0.2, 0) is 14.3 Å². The van der Waals surface area contributed by atoms with Crippen molar-refractivity contribution in [1.82, 2.24) is 0 Å². The number of hydrogen-bond acceptors (Lipinski definition) is 5. The summed E-state index contributed by atoms with van der Waals surface area (Å²) < 4.78 is 62.8. The first kappa shape index (κ1) is 15.4. The zero-order valence-corrected chi connectivity index (χ0v) is 10.3. The summed E-state index contributed by atoms with van der Waals surface area (Å²) in [6.07, 6.45) is -4.86. The maximum atomic E-state index is 11.9. The number of nitro benzene ring substituents is 1. The Morgan fingerprint density at radius 2 is 1.95 bits per heavy atom. The molecule has 1 rings (SSSR count). The van der Waals surface area contributed by atoms with E-state index in [1.165, 1.54) is 19.1 Å². The molecule has 1 aromatic rings. The molecule has 0 aliphatic carbocycles. The molecule has 0 radical (unpaired) electrons. The summed E-state index contributed by atoms with van der Waals surface area (Å²) in [5, 5.41) is 10.7. The first-order valence-corrected chi connectivity index (χ1v) is 6.15. The van der Waals surface area contributed by atoms with Crippen LogP contribution < -0.4 is 0 Å².